The summed E-state index contributed by atoms with van der Waals surface area (Å²) < 4.78 is 19.2. The molecule has 11 nitrogen and oxygen atoms in total. The number of pyridine rings is 1. The van der Waals surface area contributed by atoms with E-state index < -0.39 is 23.7 Å². The number of nitriles is 1. The Bertz CT molecular complexity index is 2020. The van der Waals surface area contributed by atoms with Gasteiger partial charge in [0.25, 0.3) is 0 Å². The van der Waals surface area contributed by atoms with E-state index in [2.05, 4.69) is 46.4 Å². The molecule has 55 heavy (non-hydrogen) atoms. The normalized spacial score (nSPS) is 17.5. The molecule has 1 aliphatic heterocycles. The summed E-state index contributed by atoms with van der Waals surface area (Å²) in [5, 5.41) is 42.4. The lowest BCUT2D eigenvalue weighted by atomic mass is 9.93. The van der Waals surface area contributed by atoms with Crippen LogP contribution in [0, 0.1) is 18.3 Å². The number of carbonyl (C=O) groups is 1. The van der Waals surface area contributed by atoms with Crippen molar-refractivity contribution in [3.63, 3.8) is 0 Å². The van der Waals surface area contributed by atoms with Crippen molar-refractivity contribution in [2.75, 3.05) is 26.2 Å². The van der Waals surface area contributed by atoms with Crippen molar-refractivity contribution in [1.29, 1.82) is 5.26 Å². The summed E-state index contributed by atoms with van der Waals surface area (Å²) in [5.41, 5.74) is 6.73. The number of aliphatic carboxylic acids is 1. The monoisotopic (exact) mass is 768 g/mol. The van der Waals surface area contributed by atoms with Crippen LogP contribution in [0.3, 0.4) is 0 Å². The Labute approximate surface area is 327 Å². The molecule has 0 bridgehead atoms. The highest BCUT2D eigenvalue weighted by Crippen LogP contribution is 2.44. The first-order valence-electron chi connectivity index (χ1n) is 18.8. The molecule has 12 heteroatoms. The number of hydrogen-bond acceptors (Lipinski definition) is 10. The lowest BCUT2D eigenvalue weighted by Crippen LogP contribution is -2.44. The number of likely N-dealkylation sites (tertiary alicyclic amines) is 1. The van der Waals surface area contributed by atoms with E-state index in [1.807, 2.05) is 25.1 Å². The van der Waals surface area contributed by atoms with Crippen LogP contribution < -0.4 is 19.5 Å². The first kappa shape index (κ1) is 40.0. The van der Waals surface area contributed by atoms with Crippen molar-refractivity contribution in [3.05, 3.63) is 105 Å². The Kier molecular flexibility index (Phi) is 13.0. The number of rotatable bonds is 16. The Morgan fingerprint density at radius 2 is 1.85 bits per heavy atom. The van der Waals surface area contributed by atoms with Gasteiger partial charge in [-0.05, 0) is 98.9 Å². The summed E-state index contributed by atoms with van der Waals surface area (Å²) in [6.07, 6.45) is 5.74. The average Bonchev–Trinajstić information content (AvgIpc) is 3.57. The molecule has 0 unspecified atom stereocenters. The van der Waals surface area contributed by atoms with E-state index in [1.54, 1.807) is 24.4 Å². The molecule has 4 aromatic rings. The fraction of sp³-hybridized carbons (Fsp3) is 0.419. The van der Waals surface area contributed by atoms with Crippen molar-refractivity contribution >= 4 is 17.6 Å². The molecule has 3 atom stereocenters. The van der Waals surface area contributed by atoms with Crippen LogP contribution in [-0.4, -0.2) is 75.2 Å². The van der Waals surface area contributed by atoms with Gasteiger partial charge in [0, 0.05) is 55.8 Å². The molecule has 290 valence electrons. The highest BCUT2D eigenvalue weighted by atomic mass is 35.5. The van der Waals surface area contributed by atoms with Gasteiger partial charge in [-0.3, -0.25) is 15.1 Å². The second kappa shape index (κ2) is 17.8. The zero-order valence-corrected chi connectivity index (χ0v) is 32.3. The van der Waals surface area contributed by atoms with Gasteiger partial charge in [-0.2, -0.15) is 5.26 Å². The zero-order chi connectivity index (χ0) is 39.1. The predicted octanol–water partition coefficient (Wildman–Crippen LogP) is 6.77. The maximum Gasteiger partial charge on any atom is 0.323 e. The van der Waals surface area contributed by atoms with Gasteiger partial charge in [-0.15, -0.1) is 0 Å². The third kappa shape index (κ3) is 9.95. The number of nitrogens with one attached hydrogen (secondary N) is 1. The number of aliphatic hydroxyl groups is 2. The van der Waals surface area contributed by atoms with Crippen molar-refractivity contribution < 1.29 is 34.3 Å². The SMILES string of the molecule is Cc1c(OCCCN2CCC(C)(O)CC2)cccc1-c1cccc2c1CC[C@@H]2Oc1cc(OCc2cncc(C#N)c2)c(CN[C@H](C(=O)O)[C@@H](C)O)cc1Cl. The fourth-order valence-electron chi connectivity index (χ4n) is 7.35. The smallest absolute Gasteiger partial charge is 0.323 e. The van der Waals surface area contributed by atoms with Crippen molar-refractivity contribution in [3.8, 4) is 34.4 Å². The number of carboxylic acid groups (broad SMARTS) is 1. The maximum absolute atomic E-state index is 11.8. The van der Waals surface area contributed by atoms with Gasteiger partial charge in [0.1, 0.15) is 42.1 Å². The lowest BCUT2D eigenvalue weighted by molar-refractivity contribution is -0.142. The minimum atomic E-state index is -1.20. The molecule has 1 saturated heterocycles. The number of aromatic nitrogens is 1. The lowest BCUT2D eigenvalue weighted by Gasteiger charge is -2.35. The molecule has 6 rings (SSSR count). The molecule has 2 aliphatic rings. The van der Waals surface area contributed by atoms with Gasteiger partial charge >= 0.3 is 5.97 Å². The van der Waals surface area contributed by atoms with E-state index in [0.29, 0.717) is 39.8 Å². The first-order valence-corrected chi connectivity index (χ1v) is 19.2. The molecule has 4 N–H and O–H groups in total. The van der Waals surface area contributed by atoms with Crippen LogP contribution in [0.15, 0.2) is 67.0 Å². The standard InChI is InChI=1S/C43H49ClN4O7/c1-27-32(7-5-10-37(27)53-18-6-15-48-16-13-43(3,52)14-17-48)33-8-4-9-35-34(33)11-12-38(35)55-40-21-39(54-26-30-19-29(22-45)23-46-24-30)31(20-36(40)44)25-47-41(28(2)49)42(50)51/h4-5,7-10,19-21,23-24,28,38,41,47,49,52H,6,11-18,25-26H2,1-3H3,(H,50,51)/t28-,38+,41+/m1/s1. The van der Waals surface area contributed by atoms with Crippen molar-refractivity contribution in [1.82, 2.24) is 15.2 Å². The van der Waals surface area contributed by atoms with E-state index in [-0.39, 0.29) is 19.3 Å². The fourth-order valence-corrected chi connectivity index (χ4v) is 7.58. The van der Waals surface area contributed by atoms with Crippen molar-refractivity contribution in [2.24, 2.45) is 0 Å². The summed E-state index contributed by atoms with van der Waals surface area (Å²) in [5.74, 6) is 0.513. The molecule has 3 aromatic carbocycles. The van der Waals surface area contributed by atoms with Gasteiger partial charge in [0.15, 0.2) is 0 Å². The number of piperidine rings is 1. The molecule has 1 aromatic heterocycles. The van der Waals surface area contributed by atoms with Crippen LogP contribution >= 0.6 is 11.6 Å². The van der Waals surface area contributed by atoms with Crippen LogP contribution in [0.2, 0.25) is 5.02 Å². The topological polar surface area (TPSA) is 157 Å². The van der Waals surface area contributed by atoms with E-state index in [0.717, 1.165) is 79.7 Å². The van der Waals surface area contributed by atoms with Gasteiger partial charge in [-0.25, -0.2) is 0 Å². The average molecular weight is 769 g/mol. The number of carboxylic acids is 1. The summed E-state index contributed by atoms with van der Waals surface area (Å²) in [6.45, 7) is 8.95. The zero-order valence-electron chi connectivity index (χ0n) is 31.6. The molecule has 0 saturated carbocycles. The number of halogens is 1. The van der Waals surface area contributed by atoms with Crippen molar-refractivity contribution in [2.45, 2.75) is 89.9 Å². The summed E-state index contributed by atoms with van der Waals surface area (Å²) in [6, 6.07) is 18.4. The minimum Gasteiger partial charge on any atom is -0.493 e. The predicted molar refractivity (Wildman–Crippen MR) is 209 cm³/mol. The number of aliphatic hydroxyl groups excluding tert-OH is 1. The van der Waals surface area contributed by atoms with E-state index in [1.165, 1.54) is 18.7 Å². The van der Waals surface area contributed by atoms with Gasteiger partial charge in [0.05, 0.1) is 28.9 Å². The molecular weight excluding hydrogens is 720 g/mol. The molecular formula is C43H49ClN4O7. The van der Waals surface area contributed by atoms with E-state index in [4.69, 9.17) is 25.8 Å². The Hall–Kier alpha value is -4.70. The number of benzene rings is 3. The Morgan fingerprint density at radius 3 is 2.60 bits per heavy atom. The summed E-state index contributed by atoms with van der Waals surface area (Å²) >= 11 is 6.83. The highest BCUT2D eigenvalue weighted by Gasteiger charge is 2.30. The molecule has 1 aliphatic carbocycles. The summed E-state index contributed by atoms with van der Waals surface area (Å²) in [4.78, 5) is 18.3. The van der Waals surface area contributed by atoms with Crippen LogP contribution in [0.1, 0.15) is 79.0 Å². The second-order valence-electron chi connectivity index (χ2n) is 14.8. The number of hydrogen-bond donors (Lipinski definition) is 4. The van der Waals surface area contributed by atoms with Crippen LogP contribution in [-0.2, 0) is 24.4 Å². The van der Waals surface area contributed by atoms with Crippen LogP contribution in [0.5, 0.6) is 17.2 Å². The number of ether oxygens (including phenoxy) is 3. The second-order valence-corrected chi connectivity index (χ2v) is 15.2. The third-order valence-corrected chi connectivity index (χ3v) is 10.9. The quantitative estimate of drug-likeness (QED) is 0.0893. The maximum atomic E-state index is 11.8. The van der Waals surface area contributed by atoms with Gasteiger partial charge < -0.3 is 34.4 Å². The Balaban J connectivity index is 1.18. The van der Waals surface area contributed by atoms with Crippen LogP contribution in [0.25, 0.3) is 11.1 Å². The minimum absolute atomic E-state index is 0.0496. The van der Waals surface area contributed by atoms with Gasteiger partial charge in [-0.1, -0.05) is 41.9 Å². The number of fused-ring (bicyclic) bond motifs is 1. The molecule has 2 heterocycles. The molecule has 0 amide bonds. The molecule has 0 radical (unpaired) electrons. The third-order valence-electron chi connectivity index (χ3n) is 10.6. The van der Waals surface area contributed by atoms with Gasteiger partial charge in [0.2, 0.25) is 0 Å². The summed E-state index contributed by atoms with van der Waals surface area (Å²) in [7, 11) is 0. The van der Waals surface area contributed by atoms with E-state index >= 15 is 0 Å². The Morgan fingerprint density at radius 1 is 1.09 bits per heavy atom. The van der Waals surface area contributed by atoms with Crippen LogP contribution in [0.4, 0.5) is 0 Å². The molecule has 0 spiro atoms. The number of nitrogens with zero attached hydrogens (tertiary/aromatic N) is 3. The molecule has 1 fully saturated rings. The first-order chi connectivity index (χ1) is 26.4. The highest BCUT2D eigenvalue weighted by molar-refractivity contribution is 6.32. The van der Waals surface area contributed by atoms with E-state index in [9.17, 15) is 25.4 Å². The largest absolute Gasteiger partial charge is 0.493 e.